The molecule has 1 heterocycles. The van der Waals surface area contributed by atoms with E-state index in [1.165, 1.54) is 12.1 Å². The number of halogens is 6. The summed E-state index contributed by atoms with van der Waals surface area (Å²) >= 11 is 0. The van der Waals surface area contributed by atoms with E-state index in [9.17, 15) is 31.4 Å². The molecule has 1 aliphatic rings. The Labute approximate surface area is 134 Å². The number of aliphatic hydroxyl groups is 1. The first-order valence-electron chi connectivity index (χ1n) is 7.10. The fourth-order valence-electron chi connectivity index (χ4n) is 3.11. The van der Waals surface area contributed by atoms with Crippen LogP contribution in [0, 0.1) is 18.3 Å². The number of benzene rings is 1. The third-order valence-electron chi connectivity index (χ3n) is 4.15. The lowest BCUT2D eigenvalue weighted by molar-refractivity contribution is -0.209. The highest BCUT2D eigenvalue weighted by Gasteiger charge is 2.48. The van der Waals surface area contributed by atoms with Crippen molar-refractivity contribution in [3.8, 4) is 6.07 Å². The van der Waals surface area contributed by atoms with Crippen molar-refractivity contribution in [3.05, 3.63) is 28.8 Å². The van der Waals surface area contributed by atoms with E-state index in [1.807, 2.05) is 0 Å². The Morgan fingerprint density at radius 3 is 2.38 bits per heavy atom. The van der Waals surface area contributed by atoms with Crippen molar-refractivity contribution in [3.63, 3.8) is 0 Å². The number of hydrogen-bond acceptors (Lipinski definition) is 3. The summed E-state index contributed by atoms with van der Waals surface area (Å²) in [6.45, 7) is 1.22. The van der Waals surface area contributed by atoms with Crippen LogP contribution in [0.3, 0.4) is 0 Å². The first kappa shape index (κ1) is 18.4. The molecule has 1 saturated heterocycles. The summed E-state index contributed by atoms with van der Waals surface area (Å²) in [4.78, 5) is 1.14. The van der Waals surface area contributed by atoms with Crippen LogP contribution in [0.5, 0.6) is 0 Å². The van der Waals surface area contributed by atoms with Crippen molar-refractivity contribution in [1.82, 2.24) is 0 Å². The molecule has 132 valence electrons. The molecule has 2 rings (SSSR count). The summed E-state index contributed by atoms with van der Waals surface area (Å²) in [5.41, 5.74) is -2.11. The van der Waals surface area contributed by atoms with Crippen LogP contribution in [-0.4, -0.2) is 30.0 Å². The second-order valence-electron chi connectivity index (χ2n) is 5.63. The van der Waals surface area contributed by atoms with Crippen LogP contribution in [0.15, 0.2) is 12.1 Å². The molecule has 0 amide bonds. The molecule has 0 aromatic heterocycles. The fraction of sp³-hybridized carbons (Fsp3) is 0.533. The molecule has 2 atom stereocenters. The molecule has 1 N–H and O–H groups in total. The van der Waals surface area contributed by atoms with Gasteiger partial charge in [0.25, 0.3) is 0 Å². The van der Waals surface area contributed by atoms with Crippen LogP contribution in [0.25, 0.3) is 0 Å². The molecule has 0 spiro atoms. The zero-order valence-electron chi connectivity index (χ0n) is 12.5. The summed E-state index contributed by atoms with van der Waals surface area (Å²) in [6.07, 6.45) is -12.0. The Morgan fingerprint density at radius 1 is 1.25 bits per heavy atom. The van der Waals surface area contributed by atoms with Crippen LogP contribution >= 0.6 is 0 Å². The van der Waals surface area contributed by atoms with Gasteiger partial charge in [0.15, 0.2) is 6.10 Å². The summed E-state index contributed by atoms with van der Waals surface area (Å²) in [5, 5.41) is 18.4. The highest BCUT2D eigenvalue weighted by molar-refractivity contribution is 5.62. The van der Waals surface area contributed by atoms with Crippen molar-refractivity contribution >= 4 is 5.69 Å². The van der Waals surface area contributed by atoms with E-state index in [0.29, 0.717) is 6.42 Å². The maximum absolute atomic E-state index is 13.2. The van der Waals surface area contributed by atoms with E-state index in [0.717, 1.165) is 17.9 Å². The lowest BCUT2D eigenvalue weighted by Gasteiger charge is -2.33. The summed E-state index contributed by atoms with van der Waals surface area (Å²) in [7, 11) is 0. The van der Waals surface area contributed by atoms with Crippen LogP contribution < -0.4 is 4.90 Å². The molecule has 0 aliphatic carbocycles. The van der Waals surface area contributed by atoms with E-state index in [2.05, 4.69) is 0 Å². The van der Waals surface area contributed by atoms with Crippen molar-refractivity contribution < 1.29 is 31.4 Å². The molecule has 3 nitrogen and oxygen atoms in total. The van der Waals surface area contributed by atoms with Gasteiger partial charge in [0.1, 0.15) is 0 Å². The van der Waals surface area contributed by atoms with Gasteiger partial charge < -0.3 is 10.0 Å². The van der Waals surface area contributed by atoms with Gasteiger partial charge in [-0.05, 0) is 37.5 Å². The highest BCUT2D eigenvalue weighted by atomic mass is 19.4. The normalized spacial score (nSPS) is 20.1. The van der Waals surface area contributed by atoms with Crippen molar-refractivity contribution in [2.24, 2.45) is 0 Å². The molecule has 0 bridgehead atoms. The maximum Gasteiger partial charge on any atom is 0.418 e. The number of aliphatic hydroxyl groups excluding tert-OH is 1. The molecule has 9 heteroatoms. The Hall–Kier alpha value is -1.95. The Morgan fingerprint density at radius 2 is 1.88 bits per heavy atom. The predicted molar refractivity (Wildman–Crippen MR) is 73.3 cm³/mol. The second kappa shape index (κ2) is 6.16. The Bertz CT molecular complexity index is 662. The average molecular weight is 352 g/mol. The smallest absolute Gasteiger partial charge is 0.382 e. The Balaban J connectivity index is 2.51. The molecule has 1 aromatic rings. The number of nitrogens with zero attached hydrogens (tertiary/aromatic N) is 2. The highest BCUT2D eigenvalue weighted by Crippen LogP contribution is 2.41. The van der Waals surface area contributed by atoms with E-state index in [4.69, 9.17) is 5.26 Å². The average Bonchev–Trinajstić information content (AvgIpc) is 2.92. The van der Waals surface area contributed by atoms with Gasteiger partial charge >= 0.3 is 12.4 Å². The van der Waals surface area contributed by atoms with Gasteiger partial charge in [-0.25, -0.2) is 0 Å². The molecular weight excluding hydrogens is 338 g/mol. The quantitative estimate of drug-likeness (QED) is 0.824. The number of nitriles is 1. The van der Waals surface area contributed by atoms with Crippen LogP contribution in [0.2, 0.25) is 0 Å². The fourth-order valence-corrected chi connectivity index (χ4v) is 3.11. The van der Waals surface area contributed by atoms with Crippen LogP contribution in [0.4, 0.5) is 32.0 Å². The SMILES string of the molecule is Cc1c(N2CCCC2[C@@H](O)C(F)(F)F)ccc(C#N)c1C(F)(F)F. The molecule has 1 aliphatic heterocycles. The molecule has 1 aromatic carbocycles. The van der Waals surface area contributed by atoms with Crippen LogP contribution in [0.1, 0.15) is 29.5 Å². The van der Waals surface area contributed by atoms with E-state index in [-0.39, 0.29) is 24.2 Å². The summed E-state index contributed by atoms with van der Waals surface area (Å²) < 4.78 is 78.0. The second-order valence-corrected chi connectivity index (χ2v) is 5.63. The lowest BCUT2D eigenvalue weighted by atomic mass is 9.98. The zero-order chi connectivity index (χ0) is 18.3. The maximum atomic E-state index is 13.2. The van der Waals surface area contributed by atoms with Gasteiger partial charge in [-0.2, -0.15) is 31.6 Å². The minimum absolute atomic E-state index is 0.0153. The van der Waals surface area contributed by atoms with Gasteiger partial charge in [-0.3, -0.25) is 0 Å². The third kappa shape index (κ3) is 3.29. The standard InChI is InChI=1S/C15H14F6N2O/c1-8-10(5-4-9(7-22)12(8)14(16,17)18)23-6-2-3-11(23)13(24)15(19,20)21/h4-5,11,13,24H,2-3,6H2,1H3/t11?,13-/m1/s1. The largest absolute Gasteiger partial charge is 0.418 e. The van der Waals surface area contributed by atoms with Crippen molar-refractivity contribution in [1.29, 1.82) is 5.26 Å². The molecule has 0 saturated carbocycles. The Kier molecular flexibility index (Phi) is 4.72. The predicted octanol–water partition coefficient (Wildman–Crippen LogP) is 3.78. The summed E-state index contributed by atoms with van der Waals surface area (Å²) in [6, 6.07) is 2.25. The van der Waals surface area contributed by atoms with Crippen molar-refractivity contribution in [2.45, 2.75) is 44.3 Å². The number of anilines is 1. The topological polar surface area (TPSA) is 47.3 Å². The molecular formula is C15H14F6N2O. The van der Waals surface area contributed by atoms with Crippen LogP contribution in [-0.2, 0) is 6.18 Å². The zero-order valence-corrected chi connectivity index (χ0v) is 12.5. The van der Waals surface area contributed by atoms with Crippen molar-refractivity contribution in [2.75, 3.05) is 11.4 Å². The molecule has 1 fully saturated rings. The molecule has 24 heavy (non-hydrogen) atoms. The van der Waals surface area contributed by atoms with Gasteiger partial charge in [-0.15, -0.1) is 0 Å². The number of alkyl halides is 6. The summed E-state index contributed by atoms with van der Waals surface area (Å²) in [5.74, 6) is 0. The minimum Gasteiger partial charge on any atom is -0.382 e. The minimum atomic E-state index is -4.86. The first-order chi connectivity index (χ1) is 11.0. The lowest BCUT2D eigenvalue weighted by Crippen LogP contribution is -2.47. The molecule has 1 unspecified atom stereocenters. The third-order valence-corrected chi connectivity index (χ3v) is 4.15. The first-order valence-corrected chi connectivity index (χ1v) is 7.10. The van der Waals surface area contributed by atoms with Gasteiger partial charge in [-0.1, -0.05) is 0 Å². The van der Waals surface area contributed by atoms with Gasteiger partial charge in [0.05, 0.1) is 23.2 Å². The number of hydrogen-bond donors (Lipinski definition) is 1. The van der Waals surface area contributed by atoms with E-state index < -0.39 is 35.6 Å². The van der Waals surface area contributed by atoms with Gasteiger partial charge in [0, 0.05) is 12.2 Å². The monoisotopic (exact) mass is 352 g/mol. The van der Waals surface area contributed by atoms with E-state index in [1.54, 1.807) is 0 Å². The van der Waals surface area contributed by atoms with Gasteiger partial charge in [0.2, 0.25) is 0 Å². The number of rotatable bonds is 2. The molecule has 0 radical (unpaired) electrons. The van der Waals surface area contributed by atoms with E-state index >= 15 is 0 Å².